The van der Waals surface area contributed by atoms with E-state index in [4.69, 9.17) is 0 Å². The summed E-state index contributed by atoms with van der Waals surface area (Å²) in [5.41, 5.74) is 3.66. The first-order valence-corrected chi connectivity index (χ1v) is 12.9. The molecule has 190 valence electrons. The Labute approximate surface area is 217 Å². The number of anilines is 1. The van der Waals surface area contributed by atoms with Gasteiger partial charge in [0.1, 0.15) is 0 Å². The normalized spacial score (nSPS) is 14.7. The lowest BCUT2D eigenvalue weighted by Gasteiger charge is -2.22. The minimum Gasteiger partial charge on any atom is -0.349 e. The minimum absolute atomic E-state index is 0.0288. The fourth-order valence-corrected chi connectivity index (χ4v) is 4.28. The van der Waals surface area contributed by atoms with Crippen molar-refractivity contribution >= 4 is 23.4 Å². The Bertz CT molecular complexity index is 1250. The lowest BCUT2D eigenvalue weighted by atomic mass is 10.1. The number of carbonyl (C=O) groups is 3. The lowest BCUT2D eigenvalue weighted by Crippen LogP contribution is -2.35. The maximum Gasteiger partial charge on any atom is 0.253 e. The molecule has 0 heterocycles. The van der Waals surface area contributed by atoms with Crippen molar-refractivity contribution < 1.29 is 14.4 Å². The average Bonchev–Trinajstić information content (AvgIpc) is 3.84. The van der Waals surface area contributed by atoms with Crippen LogP contribution in [0.25, 0.3) is 0 Å². The van der Waals surface area contributed by atoms with Gasteiger partial charge in [-0.2, -0.15) is 0 Å². The molecule has 5 rings (SSSR count). The van der Waals surface area contributed by atoms with E-state index in [9.17, 15) is 14.4 Å². The summed E-state index contributed by atoms with van der Waals surface area (Å²) in [5.74, 6) is -0.417. The molecule has 7 nitrogen and oxygen atoms in total. The van der Waals surface area contributed by atoms with E-state index in [1.165, 1.54) is 0 Å². The molecule has 2 aliphatic carbocycles. The molecule has 0 radical (unpaired) electrons. The summed E-state index contributed by atoms with van der Waals surface area (Å²) in [6.45, 7) is 1.27. The number of hydrogen-bond donors (Lipinski definition) is 3. The molecule has 0 spiro atoms. The Morgan fingerprint density at radius 3 is 2.16 bits per heavy atom. The predicted octanol–water partition coefficient (Wildman–Crippen LogP) is 4.11. The van der Waals surface area contributed by atoms with Crippen molar-refractivity contribution in [3.05, 3.63) is 101 Å². The van der Waals surface area contributed by atoms with Crippen molar-refractivity contribution in [3.8, 4) is 0 Å². The van der Waals surface area contributed by atoms with Gasteiger partial charge in [0.05, 0.1) is 17.8 Å². The van der Waals surface area contributed by atoms with Gasteiger partial charge in [0.25, 0.3) is 11.8 Å². The third-order valence-electron chi connectivity index (χ3n) is 6.67. The van der Waals surface area contributed by atoms with E-state index in [1.54, 1.807) is 18.2 Å². The first kappa shape index (κ1) is 24.7. The standard InChI is InChI=1S/C30H32N4O3/c35-28(33-27-9-5-4-8-26(27)30(37)31-18-21-6-2-1-3-7-21)20-34(25-16-17-25)19-22-10-12-23(13-11-22)29(36)32-24-14-15-24/h1-13,24-25H,14-20H2,(H,31,37)(H,32,36)(H,33,35). The molecule has 3 aromatic carbocycles. The molecular weight excluding hydrogens is 464 g/mol. The summed E-state index contributed by atoms with van der Waals surface area (Å²) in [7, 11) is 0. The summed E-state index contributed by atoms with van der Waals surface area (Å²) in [4.78, 5) is 40.3. The second-order valence-corrected chi connectivity index (χ2v) is 9.84. The quantitative estimate of drug-likeness (QED) is 0.373. The second-order valence-electron chi connectivity index (χ2n) is 9.84. The van der Waals surface area contributed by atoms with Crippen LogP contribution in [0.1, 0.15) is 57.5 Å². The largest absolute Gasteiger partial charge is 0.349 e. The van der Waals surface area contributed by atoms with E-state index in [0.717, 1.165) is 36.8 Å². The van der Waals surface area contributed by atoms with Crippen molar-refractivity contribution in [1.82, 2.24) is 15.5 Å². The number of rotatable bonds is 11. The van der Waals surface area contributed by atoms with E-state index >= 15 is 0 Å². The highest BCUT2D eigenvalue weighted by molar-refractivity contribution is 6.04. The maximum atomic E-state index is 13.0. The number of benzene rings is 3. The van der Waals surface area contributed by atoms with Crippen LogP contribution in [-0.2, 0) is 17.9 Å². The average molecular weight is 497 g/mol. The van der Waals surface area contributed by atoms with Gasteiger partial charge in [0.2, 0.25) is 5.91 Å². The molecule has 3 amide bonds. The summed E-state index contributed by atoms with van der Waals surface area (Å²) in [6, 6.07) is 25.1. The maximum absolute atomic E-state index is 13.0. The first-order chi connectivity index (χ1) is 18.0. The summed E-state index contributed by atoms with van der Waals surface area (Å²) < 4.78 is 0. The van der Waals surface area contributed by atoms with Crippen LogP contribution in [0.4, 0.5) is 5.69 Å². The Hall–Kier alpha value is -3.97. The number of amides is 3. The van der Waals surface area contributed by atoms with Gasteiger partial charge < -0.3 is 16.0 Å². The zero-order chi connectivity index (χ0) is 25.6. The van der Waals surface area contributed by atoms with Crippen LogP contribution >= 0.6 is 0 Å². The zero-order valence-electron chi connectivity index (χ0n) is 20.8. The molecule has 2 fully saturated rings. The van der Waals surface area contributed by atoms with E-state index in [0.29, 0.717) is 42.0 Å². The van der Waals surface area contributed by atoms with Crippen LogP contribution in [0.2, 0.25) is 0 Å². The van der Waals surface area contributed by atoms with Crippen molar-refractivity contribution in [3.63, 3.8) is 0 Å². The van der Waals surface area contributed by atoms with Crippen molar-refractivity contribution in [2.75, 3.05) is 11.9 Å². The number of para-hydroxylation sites is 1. The molecule has 7 heteroatoms. The highest BCUT2D eigenvalue weighted by atomic mass is 16.2. The van der Waals surface area contributed by atoms with Crippen LogP contribution in [0, 0.1) is 0 Å². The predicted molar refractivity (Wildman–Crippen MR) is 143 cm³/mol. The van der Waals surface area contributed by atoms with E-state index in [-0.39, 0.29) is 24.3 Å². The van der Waals surface area contributed by atoms with Gasteiger partial charge in [-0.15, -0.1) is 0 Å². The SMILES string of the molecule is O=C(CN(Cc1ccc(C(=O)NC2CC2)cc1)C1CC1)Nc1ccccc1C(=O)NCc1ccccc1. The number of carbonyl (C=O) groups excluding carboxylic acids is 3. The smallest absolute Gasteiger partial charge is 0.253 e. The Kier molecular flexibility index (Phi) is 7.61. The molecule has 0 aromatic heterocycles. The van der Waals surface area contributed by atoms with Gasteiger partial charge >= 0.3 is 0 Å². The first-order valence-electron chi connectivity index (χ1n) is 12.9. The summed E-state index contributed by atoms with van der Waals surface area (Å²) in [6.07, 6.45) is 4.25. The van der Waals surface area contributed by atoms with Crippen molar-refractivity contribution in [1.29, 1.82) is 0 Å². The molecular formula is C30H32N4O3. The van der Waals surface area contributed by atoms with E-state index in [1.807, 2.05) is 60.7 Å². The van der Waals surface area contributed by atoms with Crippen LogP contribution in [0.5, 0.6) is 0 Å². The fraction of sp³-hybridized carbons (Fsp3) is 0.300. The highest BCUT2D eigenvalue weighted by Crippen LogP contribution is 2.28. The second kappa shape index (κ2) is 11.4. The van der Waals surface area contributed by atoms with Crippen LogP contribution < -0.4 is 16.0 Å². The minimum atomic E-state index is -0.232. The molecule has 3 aromatic rings. The lowest BCUT2D eigenvalue weighted by molar-refractivity contribution is -0.117. The van der Waals surface area contributed by atoms with Gasteiger partial charge in [-0.25, -0.2) is 0 Å². The molecule has 0 aliphatic heterocycles. The third-order valence-corrected chi connectivity index (χ3v) is 6.67. The van der Waals surface area contributed by atoms with Crippen LogP contribution in [0.15, 0.2) is 78.9 Å². The monoisotopic (exact) mass is 496 g/mol. The molecule has 37 heavy (non-hydrogen) atoms. The topological polar surface area (TPSA) is 90.5 Å². The molecule has 3 N–H and O–H groups in total. The highest BCUT2D eigenvalue weighted by Gasteiger charge is 2.30. The number of nitrogens with zero attached hydrogens (tertiary/aromatic N) is 1. The van der Waals surface area contributed by atoms with E-state index < -0.39 is 0 Å². The Morgan fingerprint density at radius 2 is 1.46 bits per heavy atom. The fourth-order valence-electron chi connectivity index (χ4n) is 4.28. The summed E-state index contributed by atoms with van der Waals surface area (Å²) in [5, 5.41) is 8.88. The number of hydrogen-bond acceptors (Lipinski definition) is 4. The van der Waals surface area contributed by atoms with E-state index in [2.05, 4.69) is 20.9 Å². The molecule has 0 atom stereocenters. The number of nitrogens with one attached hydrogen (secondary N) is 3. The molecule has 0 bridgehead atoms. The molecule has 0 unspecified atom stereocenters. The van der Waals surface area contributed by atoms with Crippen LogP contribution in [0.3, 0.4) is 0 Å². The van der Waals surface area contributed by atoms with Gasteiger partial charge in [0, 0.05) is 30.7 Å². The molecule has 0 saturated heterocycles. The third kappa shape index (κ3) is 7.05. The summed E-state index contributed by atoms with van der Waals surface area (Å²) >= 11 is 0. The van der Waals surface area contributed by atoms with Gasteiger partial charge in [-0.1, -0.05) is 54.6 Å². The van der Waals surface area contributed by atoms with Crippen molar-refractivity contribution in [2.45, 2.75) is 50.9 Å². The Balaban J connectivity index is 1.18. The van der Waals surface area contributed by atoms with Gasteiger partial charge in [-0.05, 0) is 61.1 Å². The zero-order valence-corrected chi connectivity index (χ0v) is 20.8. The van der Waals surface area contributed by atoms with Gasteiger partial charge in [-0.3, -0.25) is 19.3 Å². The molecule has 2 aliphatic rings. The molecule has 2 saturated carbocycles. The Morgan fingerprint density at radius 1 is 0.757 bits per heavy atom. The van der Waals surface area contributed by atoms with Gasteiger partial charge in [0.15, 0.2) is 0 Å². The van der Waals surface area contributed by atoms with Crippen LogP contribution in [-0.4, -0.2) is 41.2 Å². The van der Waals surface area contributed by atoms with Crippen molar-refractivity contribution in [2.24, 2.45) is 0 Å².